The van der Waals surface area contributed by atoms with Gasteiger partial charge in [0.1, 0.15) is 5.75 Å². The lowest BCUT2D eigenvalue weighted by molar-refractivity contribution is 0.0390. The van der Waals surface area contributed by atoms with Crippen molar-refractivity contribution in [2.24, 2.45) is 11.8 Å². The standard InChI is InChI=1S/C25H33NO/c1-20-11-12-23-19-26(15-13-21-7-4-3-5-8-21)16-14-25(23,18-20)22-9-6-10-24(17-22)27-2/h3-10,17,20,23H,11-16,18-19H2,1-2H3/t20-,23-,25-/m0/s1. The van der Waals surface area contributed by atoms with Crippen molar-refractivity contribution < 1.29 is 4.74 Å². The van der Waals surface area contributed by atoms with E-state index in [1.807, 2.05) is 0 Å². The second-order valence-corrected chi connectivity index (χ2v) is 8.76. The van der Waals surface area contributed by atoms with Crippen LogP contribution in [0.2, 0.25) is 0 Å². The molecule has 1 saturated heterocycles. The van der Waals surface area contributed by atoms with E-state index < -0.39 is 0 Å². The molecule has 4 rings (SSSR count). The number of hydrogen-bond donors (Lipinski definition) is 0. The molecule has 0 N–H and O–H groups in total. The maximum atomic E-state index is 5.55. The minimum Gasteiger partial charge on any atom is -0.497 e. The molecule has 2 aliphatic rings. The van der Waals surface area contributed by atoms with Crippen molar-refractivity contribution in [1.29, 1.82) is 0 Å². The van der Waals surface area contributed by atoms with Gasteiger partial charge in [0, 0.05) is 18.5 Å². The highest BCUT2D eigenvalue weighted by molar-refractivity contribution is 5.36. The Morgan fingerprint density at radius 3 is 2.74 bits per heavy atom. The molecule has 1 heterocycles. The van der Waals surface area contributed by atoms with E-state index >= 15 is 0 Å². The second kappa shape index (κ2) is 8.06. The number of piperidine rings is 1. The Bertz CT molecular complexity index is 743. The molecule has 0 radical (unpaired) electrons. The predicted octanol–water partition coefficient (Wildman–Crippen LogP) is 5.32. The van der Waals surface area contributed by atoms with Crippen LogP contribution in [0.3, 0.4) is 0 Å². The summed E-state index contributed by atoms with van der Waals surface area (Å²) in [6, 6.07) is 19.9. The zero-order chi connectivity index (χ0) is 18.7. The predicted molar refractivity (Wildman–Crippen MR) is 112 cm³/mol. The van der Waals surface area contributed by atoms with Crippen LogP contribution in [0.5, 0.6) is 5.75 Å². The normalized spacial score (nSPS) is 28.5. The molecular weight excluding hydrogens is 330 g/mol. The Labute approximate surface area is 164 Å². The third-order valence-corrected chi connectivity index (χ3v) is 7.06. The van der Waals surface area contributed by atoms with Gasteiger partial charge < -0.3 is 9.64 Å². The number of hydrogen-bond acceptors (Lipinski definition) is 2. The fourth-order valence-electron chi connectivity index (χ4n) is 5.55. The summed E-state index contributed by atoms with van der Waals surface area (Å²) in [5.41, 5.74) is 3.32. The van der Waals surface area contributed by atoms with Crippen LogP contribution in [-0.4, -0.2) is 31.6 Å². The Morgan fingerprint density at radius 1 is 1.07 bits per heavy atom. The number of benzene rings is 2. The fraction of sp³-hybridized carbons (Fsp3) is 0.520. The van der Waals surface area contributed by atoms with E-state index in [1.54, 1.807) is 7.11 Å². The lowest BCUT2D eigenvalue weighted by Gasteiger charge is -2.53. The number of nitrogens with zero attached hydrogens (tertiary/aromatic N) is 1. The van der Waals surface area contributed by atoms with Crippen molar-refractivity contribution >= 4 is 0 Å². The first kappa shape index (κ1) is 18.6. The third-order valence-electron chi connectivity index (χ3n) is 7.06. The summed E-state index contributed by atoms with van der Waals surface area (Å²) < 4.78 is 5.55. The molecular formula is C25H33NO. The summed E-state index contributed by atoms with van der Waals surface area (Å²) in [6.45, 7) is 6.09. The smallest absolute Gasteiger partial charge is 0.119 e. The van der Waals surface area contributed by atoms with Crippen molar-refractivity contribution in [2.75, 3.05) is 26.7 Å². The minimum absolute atomic E-state index is 0.343. The van der Waals surface area contributed by atoms with Gasteiger partial charge in [0.25, 0.3) is 0 Å². The van der Waals surface area contributed by atoms with Gasteiger partial charge in [-0.1, -0.05) is 55.8 Å². The van der Waals surface area contributed by atoms with Gasteiger partial charge >= 0.3 is 0 Å². The summed E-state index contributed by atoms with van der Waals surface area (Å²) in [7, 11) is 1.78. The monoisotopic (exact) mass is 363 g/mol. The lowest BCUT2D eigenvalue weighted by atomic mass is 9.57. The first-order valence-corrected chi connectivity index (χ1v) is 10.6. The molecule has 2 heteroatoms. The summed E-state index contributed by atoms with van der Waals surface area (Å²) in [4.78, 5) is 2.71. The first-order chi connectivity index (χ1) is 13.2. The fourth-order valence-corrected chi connectivity index (χ4v) is 5.55. The van der Waals surface area contributed by atoms with E-state index in [2.05, 4.69) is 66.4 Å². The molecule has 0 spiro atoms. The molecule has 1 saturated carbocycles. The number of methoxy groups -OCH3 is 1. The lowest BCUT2D eigenvalue weighted by Crippen LogP contribution is -2.52. The highest BCUT2D eigenvalue weighted by Crippen LogP contribution is 2.51. The molecule has 144 valence electrons. The van der Waals surface area contributed by atoms with Crippen molar-refractivity contribution in [3.63, 3.8) is 0 Å². The molecule has 2 aromatic carbocycles. The first-order valence-electron chi connectivity index (χ1n) is 10.6. The number of likely N-dealkylation sites (tertiary alicyclic amines) is 1. The third kappa shape index (κ3) is 3.91. The molecule has 27 heavy (non-hydrogen) atoms. The molecule has 2 nitrogen and oxygen atoms in total. The molecule has 0 amide bonds. The SMILES string of the molecule is COc1cccc([C@@]23CCN(CCc4ccccc4)C[C@@H]2CC[C@H](C)C3)c1. The summed E-state index contributed by atoms with van der Waals surface area (Å²) in [6.07, 6.45) is 6.51. The minimum atomic E-state index is 0.343. The molecule has 0 unspecified atom stereocenters. The Hall–Kier alpha value is -1.80. The van der Waals surface area contributed by atoms with E-state index in [1.165, 1.54) is 56.4 Å². The van der Waals surface area contributed by atoms with Gasteiger partial charge in [-0.15, -0.1) is 0 Å². The van der Waals surface area contributed by atoms with Crippen LogP contribution in [0.1, 0.15) is 43.7 Å². The van der Waals surface area contributed by atoms with Crippen LogP contribution in [0.4, 0.5) is 0 Å². The summed E-state index contributed by atoms with van der Waals surface area (Å²) in [5.74, 6) is 2.60. The largest absolute Gasteiger partial charge is 0.497 e. The van der Waals surface area contributed by atoms with Crippen molar-refractivity contribution in [3.05, 3.63) is 65.7 Å². The molecule has 2 aromatic rings. The quantitative estimate of drug-likeness (QED) is 0.713. The van der Waals surface area contributed by atoms with Crippen LogP contribution in [-0.2, 0) is 11.8 Å². The number of ether oxygens (including phenoxy) is 1. The number of fused-ring (bicyclic) bond motifs is 1. The molecule has 0 aromatic heterocycles. The van der Waals surface area contributed by atoms with Crippen molar-refractivity contribution in [1.82, 2.24) is 4.90 Å². The zero-order valence-electron chi connectivity index (χ0n) is 16.9. The topological polar surface area (TPSA) is 12.5 Å². The van der Waals surface area contributed by atoms with Crippen LogP contribution in [0, 0.1) is 11.8 Å². The average Bonchev–Trinajstić information content (AvgIpc) is 2.73. The van der Waals surface area contributed by atoms with Gasteiger partial charge in [-0.3, -0.25) is 0 Å². The molecule has 1 aliphatic carbocycles. The average molecular weight is 364 g/mol. The molecule has 3 atom stereocenters. The molecule has 1 aliphatic heterocycles. The van der Waals surface area contributed by atoms with E-state index in [0.29, 0.717) is 5.41 Å². The van der Waals surface area contributed by atoms with Gasteiger partial charge in [0.05, 0.1) is 7.11 Å². The van der Waals surface area contributed by atoms with Gasteiger partial charge in [-0.25, -0.2) is 0 Å². The van der Waals surface area contributed by atoms with Gasteiger partial charge in [-0.2, -0.15) is 0 Å². The van der Waals surface area contributed by atoms with E-state index in [0.717, 1.165) is 24.0 Å². The Balaban J connectivity index is 1.51. The van der Waals surface area contributed by atoms with Gasteiger partial charge in [0.2, 0.25) is 0 Å². The summed E-state index contributed by atoms with van der Waals surface area (Å²) >= 11 is 0. The highest BCUT2D eigenvalue weighted by Gasteiger charge is 2.47. The number of rotatable bonds is 5. The Kier molecular flexibility index (Phi) is 5.54. The Morgan fingerprint density at radius 2 is 1.93 bits per heavy atom. The van der Waals surface area contributed by atoms with Crippen LogP contribution in [0.25, 0.3) is 0 Å². The van der Waals surface area contributed by atoms with E-state index in [9.17, 15) is 0 Å². The molecule has 0 bridgehead atoms. The van der Waals surface area contributed by atoms with E-state index in [-0.39, 0.29) is 0 Å². The maximum Gasteiger partial charge on any atom is 0.119 e. The highest BCUT2D eigenvalue weighted by atomic mass is 16.5. The van der Waals surface area contributed by atoms with E-state index in [4.69, 9.17) is 4.74 Å². The van der Waals surface area contributed by atoms with Crippen molar-refractivity contribution in [3.8, 4) is 5.75 Å². The van der Waals surface area contributed by atoms with Crippen LogP contribution in [0.15, 0.2) is 54.6 Å². The zero-order valence-corrected chi connectivity index (χ0v) is 16.9. The van der Waals surface area contributed by atoms with Crippen molar-refractivity contribution in [2.45, 2.75) is 44.4 Å². The summed E-state index contributed by atoms with van der Waals surface area (Å²) in [5, 5.41) is 0. The molecule has 2 fully saturated rings. The van der Waals surface area contributed by atoms with Gasteiger partial charge in [-0.05, 0) is 67.3 Å². The van der Waals surface area contributed by atoms with Crippen LogP contribution >= 0.6 is 0 Å². The second-order valence-electron chi connectivity index (χ2n) is 8.76. The van der Waals surface area contributed by atoms with Gasteiger partial charge in [0.15, 0.2) is 0 Å². The maximum absolute atomic E-state index is 5.55. The van der Waals surface area contributed by atoms with Crippen LogP contribution < -0.4 is 4.74 Å².